The molecule has 3 nitrogen and oxygen atoms in total. The molecule has 0 aliphatic heterocycles. The van der Waals surface area contributed by atoms with E-state index in [4.69, 9.17) is 21.4 Å². The molecule has 0 aromatic heterocycles. The molecule has 0 bridgehead atoms. The summed E-state index contributed by atoms with van der Waals surface area (Å²) in [7, 11) is 2.06. The van der Waals surface area contributed by atoms with E-state index >= 15 is 0 Å². The summed E-state index contributed by atoms with van der Waals surface area (Å²) >= 11 is 5.86. The zero-order valence-electron chi connectivity index (χ0n) is 10.4. The Labute approximate surface area is 108 Å². The van der Waals surface area contributed by atoms with Gasteiger partial charge >= 0.3 is 0 Å². The average molecular weight is 258 g/mol. The minimum Gasteiger partial charge on any atom is -0.394 e. The number of halogens is 1. The SMILES string of the molecule is CC(c1ccc(Cl)cc1)N(C)CCOCCO. The summed E-state index contributed by atoms with van der Waals surface area (Å²) in [6.07, 6.45) is 0. The Hall–Kier alpha value is -0.610. The van der Waals surface area contributed by atoms with Crippen LogP contribution in [0.3, 0.4) is 0 Å². The van der Waals surface area contributed by atoms with E-state index in [2.05, 4.69) is 18.9 Å². The molecule has 4 heteroatoms. The maximum atomic E-state index is 8.59. The fourth-order valence-electron chi connectivity index (χ4n) is 1.56. The Balaban J connectivity index is 2.40. The molecular weight excluding hydrogens is 238 g/mol. The molecule has 0 spiro atoms. The molecule has 0 aliphatic carbocycles. The van der Waals surface area contributed by atoms with Gasteiger partial charge in [0.05, 0.1) is 19.8 Å². The van der Waals surface area contributed by atoms with E-state index in [0.717, 1.165) is 11.6 Å². The standard InChI is InChI=1S/C13H20ClNO2/c1-11(12-3-5-13(14)6-4-12)15(2)7-9-17-10-8-16/h3-6,11,16H,7-10H2,1-2H3. The highest BCUT2D eigenvalue weighted by atomic mass is 35.5. The summed E-state index contributed by atoms with van der Waals surface area (Å²) in [5.41, 5.74) is 1.24. The lowest BCUT2D eigenvalue weighted by Gasteiger charge is -2.25. The Morgan fingerprint density at radius 2 is 1.94 bits per heavy atom. The molecule has 0 radical (unpaired) electrons. The Kier molecular flexibility index (Phi) is 6.52. The van der Waals surface area contributed by atoms with Crippen molar-refractivity contribution < 1.29 is 9.84 Å². The van der Waals surface area contributed by atoms with Crippen LogP contribution in [0.1, 0.15) is 18.5 Å². The Morgan fingerprint density at radius 1 is 1.29 bits per heavy atom. The van der Waals surface area contributed by atoms with Crippen molar-refractivity contribution in [1.82, 2.24) is 4.90 Å². The van der Waals surface area contributed by atoms with Crippen LogP contribution in [0.4, 0.5) is 0 Å². The van der Waals surface area contributed by atoms with Crippen LogP contribution in [0, 0.1) is 0 Å². The fraction of sp³-hybridized carbons (Fsp3) is 0.538. The van der Waals surface area contributed by atoms with E-state index < -0.39 is 0 Å². The van der Waals surface area contributed by atoms with Gasteiger partial charge in [-0.15, -0.1) is 0 Å². The van der Waals surface area contributed by atoms with Gasteiger partial charge in [0.1, 0.15) is 0 Å². The molecule has 0 aliphatic rings. The van der Waals surface area contributed by atoms with Gasteiger partial charge in [-0.25, -0.2) is 0 Å². The third kappa shape index (κ3) is 5.04. The van der Waals surface area contributed by atoms with Gasteiger partial charge in [0.2, 0.25) is 0 Å². The third-order valence-electron chi connectivity index (χ3n) is 2.84. The second-order valence-corrected chi connectivity index (χ2v) is 4.48. The van der Waals surface area contributed by atoms with Crippen LogP contribution in [0.15, 0.2) is 24.3 Å². The van der Waals surface area contributed by atoms with Crippen LogP contribution < -0.4 is 0 Å². The van der Waals surface area contributed by atoms with Crippen molar-refractivity contribution in [2.24, 2.45) is 0 Å². The second kappa shape index (κ2) is 7.67. The number of rotatable bonds is 7. The predicted octanol–water partition coefficient (Wildman–Crippen LogP) is 2.34. The Morgan fingerprint density at radius 3 is 2.53 bits per heavy atom. The number of nitrogens with zero attached hydrogens (tertiary/aromatic N) is 1. The van der Waals surface area contributed by atoms with Crippen LogP contribution in [0.2, 0.25) is 5.02 Å². The molecule has 1 aromatic carbocycles. The number of hydrogen-bond donors (Lipinski definition) is 1. The highest BCUT2D eigenvalue weighted by molar-refractivity contribution is 6.30. The van der Waals surface area contributed by atoms with Crippen molar-refractivity contribution in [1.29, 1.82) is 0 Å². The zero-order chi connectivity index (χ0) is 12.7. The monoisotopic (exact) mass is 257 g/mol. The van der Waals surface area contributed by atoms with Crippen molar-refractivity contribution in [3.63, 3.8) is 0 Å². The van der Waals surface area contributed by atoms with E-state index in [1.54, 1.807) is 0 Å². The van der Waals surface area contributed by atoms with Crippen LogP contribution in [-0.2, 0) is 4.74 Å². The first-order valence-electron chi connectivity index (χ1n) is 5.79. The highest BCUT2D eigenvalue weighted by Crippen LogP contribution is 2.20. The van der Waals surface area contributed by atoms with E-state index in [-0.39, 0.29) is 6.61 Å². The molecular formula is C13H20ClNO2. The number of benzene rings is 1. The Bertz CT molecular complexity index is 316. The smallest absolute Gasteiger partial charge is 0.0698 e. The summed E-state index contributed by atoms with van der Waals surface area (Å²) in [5.74, 6) is 0. The first-order chi connectivity index (χ1) is 8.15. The fourth-order valence-corrected chi connectivity index (χ4v) is 1.69. The molecule has 1 aromatic rings. The normalized spacial score (nSPS) is 13.0. The van der Waals surface area contributed by atoms with Crippen LogP contribution >= 0.6 is 11.6 Å². The summed E-state index contributed by atoms with van der Waals surface area (Å²) in [6.45, 7) is 4.10. The van der Waals surface area contributed by atoms with Crippen LogP contribution in [0.25, 0.3) is 0 Å². The largest absolute Gasteiger partial charge is 0.394 e. The highest BCUT2D eigenvalue weighted by Gasteiger charge is 2.10. The van der Waals surface area contributed by atoms with Gasteiger partial charge in [-0.1, -0.05) is 23.7 Å². The first-order valence-corrected chi connectivity index (χ1v) is 6.17. The third-order valence-corrected chi connectivity index (χ3v) is 3.09. The minimum atomic E-state index is 0.0798. The van der Waals surface area contributed by atoms with Gasteiger partial charge in [-0.3, -0.25) is 4.90 Å². The minimum absolute atomic E-state index is 0.0798. The van der Waals surface area contributed by atoms with Gasteiger partial charge in [0, 0.05) is 17.6 Å². The summed E-state index contributed by atoms with van der Waals surface area (Å²) in [4.78, 5) is 2.21. The summed E-state index contributed by atoms with van der Waals surface area (Å²) in [6, 6.07) is 8.22. The van der Waals surface area contributed by atoms with E-state index in [1.807, 2.05) is 24.3 Å². The lowest BCUT2D eigenvalue weighted by atomic mass is 10.1. The van der Waals surface area contributed by atoms with E-state index in [1.165, 1.54) is 5.56 Å². The lowest BCUT2D eigenvalue weighted by Crippen LogP contribution is -2.26. The van der Waals surface area contributed by atoms with Crippen molar-refractivity contribution in [2.75, 3.05) is 33.4 Å². The number of ether oxygens (including phenoxy) is 1. The lowest BCUT2D eigenvalue weighted by molar-refractivity contribution is 0.0719. The van der Waals surface area contributed by atoms with Gasteiger partial charge in [0.15, 0.2) is 0 Å². The summed E-state index contributed by atoms with van der Waals surface area (Å²) in [5, 5.41) is 9.35. The molecule has 0 saturated heterocycles. The number of aliphatic hydroxyl groups is 1. The van der Waals surface area contributed by atoms with E-state index in [0.29, 0.717) is 19.3 Å². The molecule has 0 saturated carbocycles. The van der Waals surface area contributed by atoms with Gasteiger partial charge in [-0.05, 0) is 31.7 Å². The molecule has 1 N–H and O–H groups in total. The molecule has 1 unspecified atom stereocenters. The van der Waals surface area contributed by atoms with Crippen molar-refractivity contribution >= 4 is 11.6 Å². The second-order valence-electron chi connectivity index (χ2n) is 4.04. The predicted molar refractivity (Wildman–Crippen MR) is 70.4 cm³/mol. The molecule has 0 fully saturated rings. The maximum absolute atomic E-state index is 8.59. The van der Waals surface area contributed by atoms with Crippen molar-refractivity contribution in [3.8, 4) is 0 Å². The first kappa shape index (κ1) is 14.5. The maximum Gasteiger partial charge on any atom is 0.0698 e. The molecule has 1 atom stereocenters. The van der Waals surface area contributed by atoms with Crippen molar-refractivity contribution in [3.05, 3.63) is 34.9 Å². The topological polar surface area (TPSA) is 32.7 Å². The van der Waals surface area contributed by atoms with E-state index in [9.17, 15) is 0 Å². The van der Waals surface area contributed by atoms with Crippen LogP contribution in [-0.4, -0.2) is 43.4 Å². The number of aliphatic hydroxyl groups excluding tert-OH is 1. The van der Waals surface area contributed by atoms with Crippen molar-refractivity contribution in [2.45, 2.75) is 13.0 Å². The molecule has 0 amide bonds. The molecule has 0 heterocycles. The van der Waals surface area contributed by atoms with Gasteiger partial charge in [-0.2, -0.15) is 0 Å². The summed E-state index contributed by atoms with van der Waals surface area (Å²) < 4.78 is 5.25. The number of hydrogen-bond acceptors (Lipinski definition) is 3. The van der Waals surface area contributed by atoms with Crippen LogP contribution in [0.5, 0.6) is 0 Å². The number of likely N-dealkylation sites (N-methyl/N-ethyl adjacent to an activating group) is 1. The quantitative estimate of drug-likeness (QED) is 0.761. The van der Waals surface area contributed by atoms with Gasteiger partial charge in [0.25, 0.3) is 0 Å². The molecule has 17 heavy (non-hydrogen) atoms. The zero-order valence-corrected chi connectivity index (χ0v) is 11.2. The molecule has 1 rings (SSSR count). The molecule has 96 valence electrons. The average Bonchev–Trinajstić information content (AvgIpc) is 2.34. The van der Waals surface area contributed by atoms with Gasteiger partial charge < -0.3 is 9.84 Å².